The molecule has 3 rings (SSSR count). The lowest BCUT2D eigenvalue weighted by Gasteiger charge is -2.38. The van der Waals surface area contributed by atoms with Gasteiger partial charge in [-0.15, -0.1) is 0 Å². The highest BCUT2D eigenvalue weighted by Crippen LogP contribution is 2.23. The van der Waals surface area contributed by atoms with Crippen LogP contribution in [0, 0.1) is 0 Å². The second-order valence-electron chi connectivity index (χ2n) is 7.81. The number of halogens is 1. The highest BCUT2D eigenvalue weighted by atomic mass is 35.5. The molecule has 1 aliphatic rings. The number of nitrogens with one attached hydrogen (secondary N) is 1. The van der Waals surface area contributed by atoms with Crippen LogP contribution in [0.5, 0.6) is 5.75 Å². The minimum Gasteiger partial charge on any atom is -0.491 e. The number of rotatable bonds is 7. The molecule has 0 aliphatic carbocycles. The summed E-state index contributed by atoms with van der Waals surface area (Å²) in [5, 5.41) is 3.83. The van der Waals surface area contributed by atoms with E-state index in [9.17, 15) is 4.79 Å². The number of ether oxygens (including phenoxy) is 1. The van der Waals surface area contributed by atoms with Crippen LogP contribution < -0.4 is 10.1 Å². The molecular formula is C23H30ClN3O2. The summed E-state index contributed by atoms with van der Waals surface area (Å²) in [6, 6.07) is 15.3. The Balaban J connectivity index is 1.67. The molecule has 5 nitrogen and oxygen atoms in total. The Hall–Kier alpha value is -2.08. The van der Waals surface area contributed by atoms with Crippen molar-refractivity contribution in [1.82, 2.24) is 15.1 Å². The Bertz CT molecular complexity index is 785. The van der Waals surface area contributed by atoms with Crippen molar-refractivity contribution in [2.24, 2.45) is 0 Å². The predicted molar refractivity (Wildman–Crippen MR) is 118 cm³/mol. The molecule has 0 aromatic heterocycles. The summed E-state index contributed by atoms with van der Waals surface area (Å²) < 4.78 is 5.65. The van der Waals surface area contributed by atoms with E-state index >= 15 is 0 Å². The first-order valence-corrected chi connectivity index (χ1v) is 10.5. The van der Waals surface area contributed by atoms with Crippen LogP contribution in [-0.4, -0.2) is 61.6 Å². The van der Waals surface area contributed by atoms with Crippen molar-refractivity contribution in [3.63, 3.8) is 0 Å². The number of piperazine rings is 1. The molecule has 1 atom stereocenters. The molecule has 0 bridgehead atoms. The molecule has 1 fully saturated rings. The zero-order valence-corrected chi connectivity index (χ0v) is 18.2. The molecule has 0 spiro atoms. The molecule has 0 radical (unpaired) electrons. The van der Waals surface area contributed by atoms with E-state index < -0.39 is 0 Å². The van der Waals surface area contributed by atoms with Gasteiger partial charge in [0.2, 0.25) is 0 Å². The van der Waals surface area contributed by atoms with Gasteiger partial charge in [0.1, 0.15) is 5.75 Å². The van der Waals surface area contributed by atoms with E-state index in [0.717, 1.165) is 37.0 Å². The van der Waals surface area contributed by atoms with Gasteiger partial charge in [-0.25, -0.2) is 0 Å². The number of likely N-dealkylation sites (N-methyl/N-ethyl adjacent to an activating group) is 1. The number of hydrogen-bond donors (Lipinski definition) is 1. The maximum atomic E-state index is 12.7. The third-order valence-electron chi connectivity index (χ3n) is 5.18. The number of carbonyl (C=O) groups excluding carboxylic acids is 1. The van der Waals surface area contributed by atoms with Crippen molar-refractivity contribution in [3.8, 4) is 5.75 Å². The van der Waals surface area contributed by atoms with Gasteiger partial charge in [-0.2, -0.15) is 0 Å². The maximum Gasteiger partial charge on any atom is 0.251 e. The fourth-order valence-electron chi connectivity index (χ4n) is 3.52. The van der Waals surface area contributed by atoms with E-state index in [2.05, 4.69) is 34.3 Å². The van der Waals surface area contributed by atoms with Gasteiger partial charge in [-0.05, 0) is 62.9 Å². The van der Waals surface area contributed by atoms with Crippen molar-refractivity contribution in [1.29, 1.82) is 0 Å². The lowest BCUT2D eigenvalue weighted by molar-refractivity contribution is 0.0886. The summed E-state index contributed by atoms with van der Waals surface area (Å²) in [5.74, 6) is 0.696. The average molecular weight is 416 g/mol. The van der Waals surface area contributed by atoms with Gasteiger partial charge < -0.3 is 15.0 Å². The Kier molecular flexibility index (Phi) is 7.53. The zero-order chi connectivity index (χ0) is 20.8. The molecule has 2 aromatic carbocycles. The van der Waals surface area contributed by atoms with Crippen molar-refractivity contribution in [2.45, 2.75) is 26.0 Å². The van der Waals surface area contributed by atoms with Gasteiger partial charge in [0.15, 0.2) is 0 Å². The van der Waals surface area contributed by atoms with E-state index in [0.29, 0.717) is 12.1 Å². The second kappa shape index (κ2) is 10.1. The van der Waals surface area contributed by atoms with Gasteiger partial charge in [0.25, 0.3) is 5.91 Å². The summed E-state index contributed by atoms with van der Waals surface area (Å²) >= 11 is 6.07. The SMILES string of the molecule is CC(C)Oc1ccc(C(=O)NC[C@@H](c2ccc(Cl)cc2)N2CCN(C)CC2)cc1. The molecule has 0 saturated carbocycles. The maximum absolute atomic E-state index is 12.7. The van der Waals surface area contributed by atoms with Crippen LogP contribution in [0.4, 0.5) is 0 Å². The van der Waals surface area contributed by atoms with Crippen LogP contribution in [0.25, 0.3) is 0 Å². The molecule has 6 heteroatoms. The van der Waals surface area contributed by atoms with Crippen LogP contribution in [0.1, 0.15) is 35.8 Å². The summed E-state index contributed by atoms with van der Waals surface area (Å²) in [4.78, 5) is 17.5. The van der Waals surface area contributed by atoms with Crippen molar-refractivity contribution >= 4 is 17.5 Å². The van der Waals surface area contributed by atoms with E-state index in [-0.39, 0.29) is 18.1 Å². The topological polar surface area (TPSA) is 44.8 Å². The Morgan fingerprint density at radius 1 is 1.03 bits per heavy atom. The molecule has 1 amide bonds. The average Bonchev–Trinajstić information content (AvgIpc) is 2.70. The highest BCUT2D eigenvalue weighted by molar-refractivity contribution is 6.30. The Morgan fingerprint density at radius 3 is 2.24 bits per heavy atom. The highest BCUT2D eigenvalue weighted by Gasteiger charge is 2.24. The molecule has 29 heavy (non-hydrogen) atoms. The molecular weight excluding hydrogens is 386 g/mol. The number of nitrogens with zero attached hydrogens (tertiary/aromatic N) is 2. The number of carbonyl (C=O) groups is 1. The normalized spacial score (nSPS) is 16.6. The molecule has 156 valence electrons. The summed E-state index contributed by atoms with van der Waals surface area (Å²) in [6.07, 6.45) is 0.110. The summed E-state index contributed by atoms with van der Waals surface area (Å²) in [6.45, 7) is 8.51. The summed E-state index contributed by atoms with van der Waals surface area (Å²) in [5.41, 5.74) is 1.80. The molecule has 1 heterocycles. The van der Waals surface area contributed by atoms with Gasteiger partial charge in [-0.1, -0.05) is 23.7 Å². The minimum absolute atomic E-state index is 0.0748. The van der Waals surface area contributed by atoms with Gasteiger partial charge in [0, 0.05) is 43.3 Å². The van der Waals surface area contributed by atoms with Crippen LogP contribution in [-0.2, 0) is 0 Å². The van der Waals surface area contributed by atoms with Crippen molar-refractivity contribution in [2.75, 3.05) is 39.8 Å². The molecule has 2 aromatic rings. The van der Waals surface area contributed by atoms with E-state index in [1.807, 2.05) is 38.1 Å². The predicted octanol–water partition coefficient (Wildman–Crippen LogP) is 3.85. The van der Waals surface area contributed by atoms with Gasteiger partial charge in [-0.3, -0.25) is 9.69 Å². The first-order valence-electron chi connectivity index (χ1n) is 10.2. The van der Waals surface area contributed by atoms with Gasteiger partial charge in [0.05, 0.1) is 12.1 Å². The van der Waals surface area contributed by atoms with Crippen LogP contribution in [0.3, 0.4) is 0 Å². The monoisotopic (exact) mass is 415 g/mol. The van der Waals surface area contributed by atoms with Gasteiger partial charge >= 0.3 is 0 Å². The van der Waals surface area contributed by atoms with Crippen LogP contribution >= 0.6 is 11.6 Å². The molecule has 0 unspecified atom stereocenters. The molecule has 1 saturated heterocycles. The quantitative estimate of drug-likeness (QED) is 0.746. The van der Waals surface area contributed by atoms with E-state index in [4.69, 9.17) is 16.3 Å². The van der Waals surface area contributed by atoms with E-state index in [1.54, 1.807) is 12.1 Å². The van der Waals surface area contributed by atoms with Crippen molar-refractivity contribution in [3.05, 3.63) is 64.7 Å². The fraction of sp³-hybridized carbons (Fsp3) is 0.435. The molecule has 1 N–H and O–H groups in total. The number of benzene rings is 2. The summed E-state index contributed by atoms with van der Waals surface area (Å²) in [7, 11) is 2.14. The zero-order valence-electron chi connectivity index (χ0n) is 17.4. The van der Waals surface area contributed by atoms with Crippen molar-refractivity contribution < 1.29 is 9.53 Å². The first kappa shape index (κ1) is 21.6. The lowest BCUT2D eigenvalue weighted by atomic mass is 10.0. The smallest absolute Gasteiger partial charge is 0.251 e. The van der Waals surface area contributed by atoms with Crippen LogP contribution in [0.15, 0.2) is 48.5 Å². The fourth-order valence-corrected chi connectivity index (χ4v) is 3.65. The largest absolute Gasteiger partial charge is 0.491 e. The lowest BCUT2D eigenvalue weighted by Crippen LogP contribution is -2.48. The third kappa shape index (κ3) is 6.20. The van der Waals surface area contributed by atoms with Crippen LogP contribution in [0.2, 0.25) is 5.02 Å². The second-order valence-corrected chi connectivity index (χ2v) is 8.24. The Labute approximate surface area is 178 Å². The minimum atomic E-state index is -0.0748. The first-order chi connectivity index (χ1) is 13.9. The van der Waals surface area contributed by atoms with E-state index in [1.165, 1.54) is 5.56 Å². The standard InChI is InChI=1S/C23H30ClN3O2/c1-17(2)29-21-10-6-19(7-11-21)23(28)25-16-22(18-4-8-20(24)9-5-18)27-14-12-26(3)13-15-27/h4-11,17,22H,12-16H2,1-3H3,(H,25,28)/t22-/m0/s1. The number of hydrogen-bond acceptors (Lipinski definition) is 4. The third-order valence-corrected chi connectivity index (χ3v) is 5.43. The Morgan fingerprint density at radius 2 is 1.66 bits per heavy atom. The molecule has 1 aliphatic heterocycles. The number of amides is 1.